The molecule has 0 aliphatic carbocycles. The summed E-state index contributed by atoms with van der Waals surface area (Å²) >= 11 is 0. The number of hydrogen-bond donors (Lipinski definition) is 2. The second-order valence-electron chi connectivity index (χ2n) is 5.08. The fourth-order valence-corrected chi connectivity index (χ4v) is 2.39. The van der Waals surface area contributed by atoms with E-state index in [-0.39, 0.29) is 0 Å². The molecule has 0 saturated carbocycles. The summed E-state index contributed by atoms with van der Waals surface area (Å²) in [7, 11) is 0. The SMILES string of the molecule is c1cc(Cc2ccnc(-c3ccc[nH]3)n2)nc(-c2ncc[nH]2)c1. The van der Waals surface area contributed by atoms with Gasteiger partial charge >= 0.3 is 0 Å². The highest BCUT2D eigenvalue weighted by molar-refractivity contribution is 5.50. The van der Waals surface area contributed by atoms with Crippen molar-refractivity contribution in [2.75, 3.05) is 0 Å². The Morgan fingerprint density at radius 1 is 0.783 bits per heavy atom. The fourth-order valence-electron chi connectivity index (χ4n) is 2.39. The van der Waals surface area contributed by atoms with Crippen molar-refractivity contribution in [1.29, 1.82) is 0 Å². The molecule has 0 aromatic carbocycles. The van der Waals surface area contributed by atoms with E-state index < -0.39 is 0 Å². The van der Waals surface area contributed by atoms with Gasteiger partial charge in [-0.3, -0.25) is 0 Å². The molecule has 4 aromatic rings. The zero-order chi connectivity index (χ0) is 15.5. The largest absolute Gasteiger partial charge is 0.359 e. The smallest absolute Gasteiger partial charge is 0.176 e. The molecule has 23 heavy (non-hydrogen) atoms. The molecule has 0 aliphatic rings. The Kier molecular flexibility index (Phi) is 3.40. The van der Waals surface area contributed by atoms with Gasteiger partial charge in [0.1, 0.15) is 5.69 Å². The molecule has 0 atom stereocenters. The van der Waals surface area contributed by atoms with Crippen LogP contribution in [-0.4, -0.2) is 29.9 Å². The summed E-state index contributed by atoms with van der Waals surface area (Å²) in [5.74, 6) is 1.45. The van der Waals surface area contributed by atoms with Crippen LogP contribution in [0.15, 0.2) is 61.2 Å². The summed E-state index contributed by atoms with van der Waals surface area (Å²) in [5, 5.41) is 0. The average Bonchev–Trinajstić information content (AvgIpc) is 3.29. The van der Waals surface area contributed by atoms with E-state index in [1.54, 1.807) is 18.6 Å². The maximum atomic E-state index is 4.64. The minimum absolute atomic E-state index is 0.644. The molecule has 0 saturated heterocycles. The first-order valence-corrected chi connectivity index (χ1v) is 7.30. The number of rotatable bonds is 4. The number of imidazole rings is 1. The number of nitrogens with zero attached hydrogens (tertiary/aromatic N) is 4. The first-order chi connectivity index (χ1) is 11.4. The van der Waals surface area contributed by atoms with Crippen LogP contribution in [0.2, 0.25) is 0 Å². The van der Waals surface area contributed by atoms with Gasteiger partial charge in [0.05, 0.1) is 11.4 Å². The van der Waals surface area contributed by atoms with Gasteiger partial charge in [0.25, 0.3) is 0 Å². The topological polar surface area (TPSA) is 83.1 Å². The molecule has 0 radical (unpaired) electrons. The lowest BCUT2D eigenvalue weighted by Crippen LogP contribution is -1.99. The van der Waals surface area contributed by atoms with Crippen molar-refractivity contribution in [3.8, 4) is 23.0 Å². The Hall–Kier alpha value is -3.28. The maximum absolute atomic E-state index is 4.64. The fraction of sp³-hybridized carbons (Fsp3) is 0.0588. The average molecular weight is 302 g/mol. The predicted molar refractivity (Wildman–Crippen MR) is 86.4 cm³/mol. The molecule has 6 nitrogen and oxygen atoms in total. The number of aromatic nitrogens is 6. The standard InChI is InChI=1S/C17H14N6/c1-3-12(22-15(4-1)16-20-9-10-21-16)11-13-6-8-19-17(23-13)14-5-2-7-18-14/h1-10,18H,11H2,(H,20,21). The van der Waals surface area contributed by atoms with Crippen LogP contribution in [-0.2, 0) is 6.42 Å². The molecule has 0 bridgehead atoms. The van der Waals surface area contributed by atoms with Crippen molar-refractivity contribution in [2.45, 2.75) is 6.42 Å². The van der Waals surface area contributed by atoms with Gasteiger partial charge < -0.3 is 9.97 Å². The van der Waals surface area contributed by atoms with Gasteiger partial charge in [0, 0.05) is 36.9 Å². The Morgan fingerprint density at radius 3 is 2.57 bits per heavy atom. The van der Waals surface area contributed by atoms with Crippen LogP contribution in [0, 0.1) is 0 Å². The lowest BCUT2D eigenvalue weighted by molar-refractivity contribution is 0.986. The van der Waals surface area contributed by atoms with E-state index in [0.717, 1.165) is 28.6 Å². The van der Waals surface area contributed by atoms with Crippen molar-refractivity contribution >= 4 is 0 Å². The Labute approximate surface area is 132 Å². The third-order valence-electron chi connectivity index (χ3n) is 3.46. The van der Waals surface area contributed by atoms with E-state index in [1.165, 1.54) is 0 Å². The summed E-state index contributed by atoms with van der Waals surface area (Å²) in [6, 6.07) is 11.7. The zero-order valence-electron chi connectivity index (χ0n) is 12.3. The third kappa shape index (κ3) is 2.87. The van der Waals surface area contributed by atoms with Gasteiger partial charge in [0.2, 0.25) is 0 Å². The van der Waals surface area contributed by atoms with Crippen molar-refractivity contribution in [1.82, 2.24) is 29.9 Å². The molecule has 0 spiro atoms. The summed E-state index contributed by atoms with van der Waals surface area (Å²) in [4.78, 5) is 24.0. The van der Waals surface area contributed by atoms with Crippen molar-refractivity contribution in [3.63, 3.8) is 0 Å². The second kappa shape index (κ2) is 5.84. The Morgan fingerprint density at radius 2 is 1.74 bits per heavy atom. The summed E-state index contributed by atoms with van der Waals surface area (Å²) < 4.78 is 0. The van der Waals surface area contributed by atoms with Gasteiger partial charge in [-0.2, -0.15) is 0 Å². The number of hydrogen-bond acceptors (Lipinski definition) is 4. The van der Waals surface area contributed by atoms with E-state index in [9.17, 15) is 0 Å². The lowest BCUT2D eigenvalue weighted by atomic mass is 10.2. The van der Waals surface area contributed by atoms with E-state index >= 15 is 0 Å². The molecule has 4 rings (SSSR count). The first-order valence-electron chi connectivity index (χ1n) is 7.30. The highest BCUT2D eigenvalue weighted by Crippen LogP contribution is 2.15. The Balaban J connectivity index is 1.61. The second-order valence-corrected chi connectivity index (χ2v) is 5.08. The lowest BCUT2D eigenvalue weighted by Gasteiger charge is -2.04. The molecule has 6 heteroatoms. The normalized spacial score (nSPS) is 10.8. The summed E-state index contributed by atoms with van der Waals surface area (Å²) in [6.45, 7) is 0. The molecule has 0 amide bonds. The van der Waals surface area contributed by atoms with Crippen LogP contribution in [0.1, 0.15) is 11.4 Å². The highest BCUT2D eigenvalue weighted by Gasteiger charge is 2.07. The first kappa shape index (κ1) is 13.4. The zero-order valence-corrected chi connectivity index (χ0v) is 12.3. The van der Waals surface area contributed by atoms with Crippen LogP contribution in [0.4, 0.5) is 0 Å². The van der Waals surface area contributed by atoms with Crippen LogP contribution in [0.3, 0.4) is 0 Å². The molecular formula is C17H14N6. The van der Waals surface area contributed by atoms with Gasteiger partial charge in [-0.1, -0.05) is 6.07 Å². The number of H-pyrrole nitrogens is 2. The highest BCUT2D eigenvalue weighted by atomic mass is 14.9. The third-order valence-corrected chi connectivity index (χ3v) is 3.46. The van der Waals surface area contributed by atoms with Crippen molar-refractivity contribution in [3.05, 3.63) is 72.6 Å². The van der Waals surface area contributed by atoms with Crippen LogP contribution >= 0.6 is 0 Å². The molecule has 2 N–H and O–H groups in total. The van der Waals surface area contributed by atoms with Crippen LogP contribution in [0.5, 0.6) is 0 Å². The number of aromatic amines is 2. The van der Waals surface area contributed by atoms with E-state index in [0.29, 0.717) is 12.2 Å². The summed E-state index contributed by atoms with van der Waals surface area (Å²) in [5.41, 5.74) is 3.60. The molecule has 4 heterocycles. The van der Waals surface area contributed by atoms with Gasteiger partial charge in [-0.25, -0.2) is 19.9 Å². The molecule has 0 unspecified atom stereocenters. The predicted octanol–water partition coefficient (Wildman–Crippen LogP) is 2.85. The molecular weight excluding hydrogens is 288 g/mol. The minimum Gasteiger partial charge on any atom is -0.359 e. The van der Waals surface area contributed by atoms with Gasteiger partial charge in [-0.05, 0) is 30.3 Å². The van der Waals surface area contributed by atoms with Crippen LogP contribution in [0.25, 0.3) is 23.0 Å². The van der Waals surface area contributed by atoms with E-state index in [2.05, 4.69) is 29.9 Å². The minimum atomic E-state index is 0.644. The van der Waals surface area contributed by atoms with Crippen molar-refractivity contribution in [2.24, 2.45) is 0 Å². The quantitative estimate of drug-likeness (QED) is 0.607. The van der Waals surface area contributed by atoms with Crippen LogP contribution < -0.4 is 0 Å². The molecule has 112 valence electrons. The Bertz CT molecular complexity index is 821. The van der Waals surface area contributed by atoms with Gasteiger partial charge in [0.15, 0.2) is 11.6 Å². The number of nitrogens with one attached hydrogen (secondary N) is 2. The summed E-state index contributed by atoms with van der Waals surface area (Å²) in [6.07, 6.45) is 7.78. The molecule has 4 aromatic heterocycles. The van der Waals surface area contributed by atoms with Gasteiger partial charge in [-0.15, -0.1) is 0 Å². The molecule has 0 aliphatic heterocycles. The monoisotopic (exact) mass is 302 g/mol. The maximum Gasteiger partial charge on any atom is 0.176 e. The van der Waals surface area contributed by atoms with Crippen molar-refractivity contribution < 1.29 is 0 Å². The number of pyridine rings is 1. The molecule has 0 fully saturated rings. The van der Waals surface area contributed by atoms with E-state index in [4.69, 9.17) is 0 Å². The van der Waals surface area contributed by atoms with E-state index in [1.807, 2.05) is 42.6 Å².